The first-order chi connectivity index (χ1) is 10.2. The number of benzene rings is 2. The summed E-state index contributed by atoms with van der Waals surface area (Å²) in [4.78, 5) is 12.6. The number of carbonyl (C=O) groups excluding carboxylic acids is 1. The molecular formula is C18H17ClO2. The lowest BCUT2D eigenvalue weighted by molar-refractivity contribution is -0.121. The van der Waals surface area contributed by atoms with Crippen LogP contribution in [0.4, 0.5) is 0 Å². The summed E-state index contributed by atoms with van der Waals surface area (Å²) in [5.41, 5.74) is 3.47. The van der Waals surface area contributed by atoms with E-state index in [4.69, 9.17) is 16.3 Å². The smallest absolute Gasteiger partial charge is 0.141 e. The molecular weight excluding hydrogens is 284 g/mol. The lowest BCUT2D eigenvalue weighted by Gasteiger charge is -2.11. The Labute approximate surface area is 129 Å². The molecule has 3 heteroatoms. The van der Waals surface area contributed by atoms with Crippen molar-refractivity contribution < 1.29 is 9.53 Å². The van der Waals surface area contributed by atoms with Gasteiger partial charge >= 0.3 is 0 Å². The summed E-state index contributed by atoms with van der Waals surface area (Å²) in [6, 6.07) is 13.7. The van der Waals surface area contributed by atoms with E-state index in [2.05, 4.69) is 12.1 Å². The third-order valence-corrected chi connectivity index (χ3v) is 4.35. The normalized spacial score (nSPS) is 14.0. The fourth-order valence-electron chi connectivity index (χ4n) is 3.00. The van der Waals surface area contributed by atoms with Gasteiger partial charge in [0.25, 0.3) is 0 Å². The summed E-state index contributed by atoms with van der Waals surface area (Å²) in [7, 11) is 1.61. The van der Waals surface area contributed by atoms with Crippen molar-refractivity contribution in [1.82, 2.24) is 0 Å². The van der Waals surface area contributed by atoms with Crippen LogP contribution < -0.4 is 4.74 Å². The second-order valence-electron chi connectivity index (χ2n) is 5.47. The van der Waals surface area contributed by atoms with E-state index in [9.17, 15) is 4.79 Å². The molecule has 0 fully saturated rings. The minimum absolute atomic E-state index is 0.0751. The monoisotopic (exact) mass is 300 g/mol. The molecule has 2 nitrogen and oxygen atoms in total. The van der Waals surface area contributed by atoms with Crippen molar-refractivity contribution in [2.45, 2.75) is 19.3 Å². The number of ether oxygens (including phenoxy) is 1. The molecule has 21 heavy (non-hydrogen) atoms. The molecule has 2 aromatic carbocycles. The van der Waals surface area contributed by atoms with Gasteiger partial charge in [0, 0.05) is 22.9 Å². The molecule has 0 spiro atoms. The average Bonchev–Trinajstić information content (AvgIpc) is 2.91. The van der Waals surface area contributed by atoms with Gasteiger partial charge in [-0.1, -0.05) is 35.9 Å². The van der Waals surface area contributed by atoms with Crippen LogP contribution in [-0.2, 0) is 24.1 Å². The number of fused-ring (bicyclic) bond motifs is 1. The molecule has 0 aliphatic heterocycles. The van der Waals surface area contributed by atoms with E-state index in [0.29, 0.717) is 11.4 Å². The SMILES string of the molecule is COc1ccc(Cl)cc1CC(=O)C1Cc2ccccc2C1. The van der Waals surface area contributed by atoms with Gasteiger partial charge in [0.2, 0.25) is 0 Å². The number of hydrogen-bond donors (Lipinski definition) is 0. The van der Waals surface area contributed by atoms with Crippen molar-refractivity contribution in [3.8, 4) is 5.75 Å². The minimum atomic E-state index is 0.0751. The number of Topliss-reactive ketones (excluding diaryl/α,β-unsaturated/α-hetero) is 1. The van der Waals surface area contributed by atoms with Gasteiger partial charge in [0.1, 0.15) is 11.5 Å². The standard InChI is InChI=1S/C18H17ClO2/c1-21-18-7-6-16(19)10-15(18)11-17(20)14-8-12-4-2-3-5-13(12)9-14/h2-7,10,14H,8-9,11H2,1H3. The zero-order valence-electron chi connectivity index (χ0n) is 11.9. The summed E-state index contributed by atoms with van der Waals surface area (Å²) in [6.07, 6.45) is 2.07. The number of ketones is 1. The van der Waals surface area contributed by atoms with E-state index in [-0.39, 0.29) is 11.7 Å². The Morgan fingerprint density at radius 3 is 2.48 bits per heavy atom. The second kappa shape index (κ2) is 5.90. The van der Waals surface area contributed by atoms with Crippen LogP contribution in [-0.4, -0.2) is 12.9 Å². The Hall–Kier alpha value is -1.80. The molecule has 0 radical (unpaired) electrons. The van der Waals surface area contributed by atoms with Crippen LogP contribution >= 0.6 is 11.6 Å². The molecule has 0 aromatic heterocycles. The third-order valence-electron chi connectivity index (χ3n) is 4.11. The van der Waals surface area contributed by atoms with Crippen molar-refractivity contribution in [3.63, 3.8) is 0 Å². The summed E-state index contributed by atoms with van der Waals surface area (Å²) in [5.74, 6) is 1.06. The maximum absolute atomic E-state index is 12.6. The van der Waals surface area contributed by atoms with Crippen molar-refractivity contribution in [2.75, 3.05) is 7.11 Å². The van der Waals surface area contributed by atoms with Crippen molar-refractivity contribution in [1.29, 1.82) is 0 Å². The summed E-state index contributed by atoms with van der Waals surface area (Å²) < 4.78 is 5.31. The average molecular weight is 301 g/mol. The maximum Gasteiger partial charge on any atom is 0.141 e. The lowest BCUT2D eigenvalue weighted by atomic mass is 9.95. The molecule has 3 rings (SSSR count). The highest BCUT2D eigenvalue weighted by Gasteiger charge is 2.27. The van der Waals surface area contributed by atoms with Crippen LogP contribution in [0.15, 0.2) is 42.5 Å². The van der Waals surface area contributed by atoms with E-state index in [1.165, 1.54) is 11.1 Å². The summed E-state index contributed by atoms with van der Waals surface area (Å²) >= 11 is 6.02. The number of carbonyl (C=O) groups is 1. The van der Waals surface area contributed by atoms with E-state index >= 15 is 0 Å². The van der Waals surface area contributed by atoms with Crippen molar-refractivity contribution >= 4 is 17.4 Å². The summed E-state index contributed by atoms with van der Waals surface area (Å²) in [6.45, 7) is 0. The lowest BCUT2D eigenvalue weighted by Crippen LogP contribution is -2.17. The molecule has 1 aliphatic rings. The van der Waals surface area contributed by atoms with Gasteiger partial charge in [0.15, 0.2) is 0 Å². The Morgan fingerprint density at radius 2 is 1.86 bits per heavy atom. The van der Waals surface area contributed by atoms with Crippen molar-refractivity contribution in [2.24, 2.45) is 5.92 Å². The number of methoxy groups -OCH3 is 1. The molecule has 0 bridgehead atoms. The van der Waals surface area contributed by atoms with E-state index < -0.39 is 0 Å². The van der Waals surface area contributed by atoms with Crippen LogP contribution in [0.1, 0.15) is 16.7 Å². The van der Waals surface area contributed by atoms with E-state index in [1.54, 1.807) is 13.2 Å². The van der Waals surface area contributed by atoms with E-state index in [1.807, 2.05) is 24.3 Å². The molecule has 1 aliphatic carbocycles. The minimum Gasteiger partial charge on any atom is -0.496 e. The van der Waals surface area contributed by atoms with Gasteiger partial charge in [-0.15, -0.1) is 0 Å². The first-order valence-electron chi connectivity index (χ1n) is 7.09. The Morgan fingerprint density at radius 1 is 1.19 bits per heavy atom. The van der Waals surface area contributed by atoms with Gasteiger partial charge in [-0.2, -0.15) is 0 Å². The molecule has 108 valence electrons. The second-order valence-corrected chi connectivity index (χ2v) is 5.91. The predicted octanol–water partition coefficient (Wildman–Crippen LogP) is 3.88. The quantitative estimate of drug-likeness (QED) is 0.856. The number of halogens is 1. The highest BCUT2D eigenvalue weighted by atomic mass is 35.5. The van der Waals surface area contributed by atoms with Crippen LogP contribution in [0.25, 0.3) is 0 Å². The maximum atomic E-state index is 12.6. The molecule has 0 saturated carbocycles. The molecule has 0 atom stereocenters. The van der Waals surface area contributed by atoms with Gasteiger partial charge in [-0.05, 0) is 42.2 Å². The zero-order valence-corrected chi connectivity index (χ0v) is 12.7. The van der Waals surface area contributed by atoms with Gasteiger partial charge < -0.3 is 4.74 Å². The molecule has 0 saturated heterocycles. The van der Waals surface area contributed by atoms with Gasteiger partial charge in [-0.25, -0.2) is 0 Å². The topological polar surface area (TPSA) is 26.3 Å². The molecule has 0 N–H and O–H groups in total. The fraction of sp³-hybridized carbons (Fsp3) is 0.278. The largest absolute Gasteiger partial charge is 0.496 e. The van der Waals surface area contributed by atoms with Crippen LogP contribution in [0.5, 0.6) is 5.75 Å². The Balaban J connectivity index is 1.75. The first-order valence-corrected chi connectivity index (χ1v) is 7.47. The highest BCUT2D eigenvalue weighted by molar-refractivity contribution is 6.30. The van der Waals surface area contributed by atoms with Crippen LogP contribution in [0.2, 0.25) is 5.02 Å². The Kier molecular flexibility index (Phi) is 3.98. The number of rotatable bonds is 4. The van der Waals surface area contributed by atoms with Crippen molar-refractivity contribution in [3.05, 3.63) is 64.2 Å². The first kappa shape index (κ1) is 14.2. The highest BCUT2D eigenvalue weighted by Crippen LogP contribution is 2.30. The van der Waals surface area contributed by atoms with Gasteiger partial charge in [-0.3, -0.25) is 4.79 Å². The van der Waals surface area contributed by atoms with Gasteiger partial charge in [0.05, 0.1) is 7.11 Å². The predicted molar refractivity (Wildman–Crippen MR) is 84.1 cm³/mol. The molecule has 2 aromatic rings. The molecule has 0 heterocycles. The fourth-order valence-corrected chi connectivity index (χ4v) is 3.20. The molecule has 0 amide bonds. The Bertz CT molecular complexity index is 654. The van der Waals surface area contributed by atoms with E-state index in [0.717, 1.165) is 24.2 Å². The van der Waals surface area contributed by atoms with Crippen LogP contribution in [0, 0.1) is 5.92 Å². The number of hydrogen-bond acceptors (Lipinski definition) is 2. The molecule has 0 unspecified atom stereocenters. The van der Waals surface area contributed by atoms with Crippen LogP contribution in [0.3, 0.4) is 0 Å². The third kappa shape index (κ3) is 2.96. The summed E-state index contributed by atoms with van der Waals surface area (Å²) in [5, 5.41) is 0.633. The zero-order chi connectivity index (χ0) is 14.8.